The molecule has 6 nitrogen and oxygen atoms in total. The van der Waals surface area contributed by atoms with Crippen molar-refractivity contribution in [3.05, 3.63) is 11.8 Å². The molecule has 9 heteroatoms. The number of nitrogens with one attached hydrogen (secondary N) is 2. The van der Waals surface area contributed by atoms with E-state index in [1.54, 1.807) is 0 Å². The third-order valence-electron chi connectivity index (χ3n) is 3.58. The van der Waals surface area contributed by atoms with Crippen LogP contribution in [0.15, 0.2) is 6.20 Å². The largest absolute Gasteiger partial charge is 0.469 e. The van der Waals surface area contributed by atoms with Crippen LogP contribution in [0.2, 0.25) is 0 Å². The van der Waals surface area contributed by atoms with E-state index < -0.39 is 17.6 Å². The van der Waals surface area contributed by atoms with Crippen molar-refractivity contribution < 1.29 is 22.6 Å². The van der Waals surface area contributed by atoms with Gasteiger partial charge in [-0.05, 0) is 19.4 Å². The molecule has 22 heavy (non-hydrogen) atoms. The Kier molecular flexibility index (Phi) is 4.34. The molecule has 2 saturated heterocycles. The first kappa shape index (κ1) is 15.3. The number of hydrogen-bond acceptors (Lipinski definition) is 6. The van der Waals surface area contributed by atoms with Crippen molar-refractivity contribution in [3.63, 3.8) is 0 Å². The van der Waals surface area contributed by atoms with E-state index >= 15 is 0 Å². The average molecular weight is 318 g/mol. The van der Waals surface area contributed by atoms with Gasteiger partial charge in [-0.25, -0.2) is 4.98 Å². The Bertz CT molecular complexity index is 516. The molecule has 2 aliphatic heterocycles. The van der Waals surface area contributed by atoms with Crippen molar-refractivity contribution in [1.29, 1.82) is 0 Å². The summed E-state index contributed by atoms with van der Waals surface area (Å²) < 4.78 is 49.2. The number of aromatic nitrogens is 2. The van der Waals surface area contributed by atoms with Gasteiger partial charge in [0.25, 0.3) is 0 Å². The van der Waals surface area contributed by atoms with Gasteiger partial charge in [0.1, 0.15) is 11.7 Å². The van der Waals surface area contributed by atoms with Crippen molar-refractivity contribution in [2.75, 3.05) is 31.6 Å². The molecule has 0 aliphatic carbocycles. The van der Waals surface area contributed by atoms with Crippen LogP contribution in [0.5, 0.6) is 5.88 Å². The Labute approximate surface area is 125 Å². The lowest BCUT2D eigenvalue weighted by Gasteiger charge is -2.28. The SMILES string of the molecule is FC(F)(F)c1cnc(N[C@@H]2CCCNC2)nc1OC1COC1. The minimum absolute atomic E-state index is 0.102. The number of ether oxygens (including phenoxy) is 2. The molecule has 0 radical (unpaired) electrons. The summed E-state index contributed by atoms with van der Waals surface area (Å²) in [7, 11) is 0. The molecule has 122 valence electrons. The van der Waals surface area contributed by atoms with Crippen molar-refractivity contribution in [2.45, 2.75) is 31.2 Å². The van der Waals surface area contributed by atoms with E-state index in [0.29, 0.717) is 0 Å². The summed E-state index contributed by atoms with van der Waals surface area (Å²) in [5, 5.41) is 6.26. The van der Waals surface area contributed by atoms with Crippen LogP contribution in [-0.2, 0) is 10.9 Å². The van der Waals surface area contributed by atoms with Crippen LogP contribution in [0, 0.1) is 0 Å². The smallest absolute Gasteiger partial charge is 0.423 e. The minimum Gasteiger partial charge on any atom is -0.469 e. The van der Waals surface area contributed by atoms with Crippen molar-refractivity contribution in [1.82, 2.24) is 15.3 Å². The van der Waals surface area contributed by atoms with Crippen molar-refractivity contribution >= 4 is 5.95 Å². The second-order valence-corrected chi connectivity index (χ2v) is 5.38. The Morgan fingerprint density at radius 3 is 2.77 bits per heavy atom. The summed E-state index contributed by atoms with van der Waals surface area (Å²) in [4.78, 5) is 7.68. The molecule has 0 saturated carbocycles. The first-order valence-corrected chi connectivity index (χ1v) is 7.18. The summed E-state index contributed by atoms with van der Waals surface area (Å²) >= 11 is 0. The molecular weight excluding hydrogens is 301 g/mol. The monoisotopic (exact) mass is 318 g/mol. The summed E-state index contributed by atoms with van der Waals surface area (Å²) in [6, 6.07) is 0.102. The zero-order valence-corrected chi connectivity index (χ0v) is 11.8. The molecule has 2 N–H and O–H groups in total. The second-order valence-electron chi connectivity index (χ2n) is 5.38. The molecule has 0 spiro atoms. The number of halogens is 3. The third-order valence-corrected chi connectivity index (χ3v) is 3.58. The van der Waals surface area contributed by atoms with Crippen molar-refractivity contribution in [2.24, 2.45) is 0 Å². The maximum Gasteiger partial charge on any atom is 0.423 e. The molecule has 1 aromatic rings. The topological polar surface area (TPSA) is 68.3 Å². The molecule has 2 aliphatic rings. The first-order valence-electron chi connectivity index (χ1n) is 7.18. The summed E-state index contributed by atoms with van der Waals surface area (Å²) in [5.41, 5.74) is -0.966. The molecule has 0 amide bonds. The highest BCUT2D eigenvalue weighted by Crippen LogP contribution is 2.35. The van der Waals surface area contributed by atoms with E-state index in [-0.39, 0.29) is 31.3 Å². The fourth-order valence-electron chi connectivity index (χ4n) is 2.32. The Morgan fingerprint density at radius 1 is 1.36 bits per heavy atom. The molecular formula is C13H17F3N4O2. The summed E-state index contributed by atoms with van der Waals surface area (Å²) in [5.74, 6) is -0.293. The number of anilines is 1. The predicted octanol–water partition coefficient (Wildman–Crippen LogP) is 1.44. The Balaban J connectivity index is 1.77. The van der Waals surface area contributed by atoms with Gasteiger partial charge in [-0.15, -0.1) is 0 Å². The molecule has 1 aromatic heterocycles. The fourth-order valence-corrected chi connectivity index (χ4v) is 2.32. The van der Waals surface area contributed by atoms with Crippen LogP contribution >= 0.6 is 0 Å². The molecule has 1 atom stereocenters. The highest BCUT2D eigenvalue weighted by atomic mass is 19.4. The van der Waals surface area contributed by atoms with E-state index in [1.807, 2.05) is 0 Å². The summed E-state index contributed by atoms with van der Waals surface area (Å²) in [6.45, 7) is 2.23. The van der Waals surface area contributed by atoms with E-state index in [2.05, 4.69) is 20.6 Å². The molecule has 0 aromatic carbocycles. The van der Waals surface area contributed by atoms with E-state index in [1.165, 1.54) is 0 Å². The lowest BCUT2D eigenvalue weighted by molar-refractivity contribution is -0.142. The van der Waals surface area contributed by atoms with Crippen LogP contribution in [0.4, 0.5) is 19.1 Å². The highest BCUT2D eigenvalue weighted by Gasteiger charge is 2.37. The van der Waals surface area contributed by atoms with Gasteiger partial charge in [0, 0.05) is 18.8 Å². The lowest BCUT2D eigenvalue weighted by atomic mass is 10.1. The van der Waals surface area contributed by atoms with Gasteiger partial charge in [-0.2, -0.15) is 18.2 Å². The molecule has 3 rings (SSSR count). The average Bonchev–Trinajstić information content (AvgIpc) is 2.43. The van der Waals surface area contributed by atoms with Gasteiger partial charge >= 0.3 is 6.18 Å². The van der Waals surface area contributed by atoms with Gasteiger partial charge in [0.05, 0.1) is 13.2 Å². The molecule has 0 unspecified atom stereocenters. The lowest BCUT2D eigenvalue weighted by Crippen LogP contribution is -2.40. The predicted molar refractivity (Wildman–Crippen MR) is 71.8 cm³/mol. The normalized spacial score (nSPS) is 23.0. The zero-order valence-electron chi connectivity index (χ0n) is 11.8. The second kappa shape index (κ2) is 6.25. The third kappa shape index (κ3) is 3.58. The van der Waals surface area contributed by atoms with Gasteiger partial charge < -0.3 is 20.1 Å². The zero-order chi connectivity index (χ0) is 15.6. The van der Waals surface area contributed by atoms with E-state index in [0.717, 1.165) is 32.1 Å². The fraction of sp³-hybridized carbons (Fsp3) is 0.692. The van der Waals surface area contributed by atoms with Crippen LogP contribution < -0.4 is 15.4 Å². The van der Waals surface area contributed by atoms with E-state index in [4.69, 9.17) is 9.47 Å². The van der Waals surface area contributed by atoms with Crippen LogP contribution in [0.3, 0.4) is 0 Å². The van der Waals surface area contributed by atoms with Gasteiger partial charge in [-0.3, -0.25) is 0 Å². The van der Waals surface area contributed by atoms with Gasteiger partial charge in [0.2, 0.25) is 11.8 Å². The maximum absolute atomic E-state index is 13.0. The quantitative estimate of drug-likeness (QED) is 0.875. The van der Waals surface area contributed by atoms with Crippen LogP contribution in [0.1, 0.15) is 18.4 Å². The standard InChI is InChI=1S/C13H17F3N4O2/c14-13(15,16)10-5-18-12(19-8-2-1-3-17-4-8)20-11(10)22-9-6-21-7-9/h5,8-9,17H,1-4,6-7H2,(H,18,19,20)/t8-/m1/s1. The Morgan fingerprint density at radius 2 is 2.18 bits per heavy atom. The van der Waals surface area contributed by atoms with Crippen LogP contribution in [0.25, 0.3) is 0 Å². The molecule has 3 heterocycles. The van der Waals surface area contributed by atoms with Crippen molar-refractivity contribution in [3.8, 4) is 5.88 Å². The number of alkyl halides is 3. The van der Waals surface area contributed by atoms with Gasteiger partial charge in [0.15, 0.2) is 0 Å². The Hall–Kier alpha value is -1.61. The molecule has 0 bridgehead atoms. The number of piperidine rings is 1. The van der Waals surface area contributed by atoms with Gasteiger partial charge in [-0.1, -0.05) is 0 Å². The summed E-state index contributed by atoms with van der Waals surface area (Å²) in [6.07, 6.45) is -2.25. The number of hydrogen-bond donors (Lipinski definition) is 2. The molecule has 2 fully saturated rings. The van der Waals surface area contributed by atoms with E-state index in [9.17, 15) is 13.2 Å². The first-order chi connectivity index (χ1) is 10.5. The highest BCUT2D eigenvalue weighted by molar-refractivity contribution is 5.36. The number of nitrogens with zero attached hydrogens (tertiary/aromatic N) is 2. The maximum atomic E-state index is 13.0. The number of rotatable bonds is 4. The van der Waals surface area contributed by atoms with Crippen LogP contribution in [-0.4, -0.2) is 48.4 Å². The minimum atomic E-state index is -4.55.